The quantitative estimate of drug-likeness (QED) is 0.224. The van der Waals surface area contributed by atoms with Gasteiger partial charge < -0.3 is 14.6 Å². The number of unbranched alkanes of at least 4 members (excludes halogenated alkanes) is 3. The van der Waals surface area contributed by atoms with Crippen LogP contribution in [0, 0.1) is 5.82 Å². The summed E-state index contributed by atoms with van der Waals surface area (Å²) in [5.74, 6) is 0.941. The number of hydrogen-bond acceptors (Lipinski definition) is 5. The summed E-state index contributed by atoms with van der Waals surface area (Å²) in [7, 11) is 0. The smallest absolute Gasteiger partial charge is 0.234 e. The summed E-state index contributed by atoms with van der Waals surface area (Å²) in [5.41, 5.74) is 2.00. The predicted molar refractivity (Wildman–Crippen MR) is 135 cm³/mol. The number of aromatic nitrogens is 3. The molecule has 0 unspecified atom stereocenters. The van der Waals surface area contributed by atoms with Gasteiger partial charge in [-0.3, -0.25) is 4.79 Å². The number of rotatable bonds is 13. The fraction of sp³-hybridized carbons (Fsp3) is 0.423. The first-order valence-corrected chi connectivity index (χ1v) is 12.8. The number of thioether (sulfide) groups is 1. The molecule has 34 heavy (non-hydrogen) atoms. The molecule has 0 radical (unpaired) electrons. The second kappa shape index (κ2) is 13.1. The predicted octanol–water partition coefficient (Wildman–Crippen LogP) is 6.43. The Kier molecular flexibility index (Phi) is 9.94. The first-order valence-electron chi connectivity index (χ1n) is 11.8. The van der Waals surface area contributed by atoms with Crippen LogP contribution >= 0.6 is 11.8 Å². The third kappa shape index (κ3) is 7.58. The van der Waals surface area contributed by atoms with E-state index in [1.165, 1.54) is 23.4 Å². The first kappa shape index (κ1) is 25.7. The molecule has 182 valence electrons. The molecular formula is C26H33FN4O2S. The molecule has 0 bridgehead atoms. The van der Waals surface area contributed by atoms with E-state index in [2.05, 4.69) is 36.3 Å². The van der Waals surface area contributed by atoms with Crippen molar-refractivity contribution in [2.75, 3.05) is 11.1 Å². The number of nitrogens with one attached hydrogen (secondary N) is 1. The minimum atomic E-state index is -0.413. The Morgan fingerprint density at radius 1 is 1.09 bits per heavy atom. The number of nitrogens with zero attached hydrogens (tertiary/aromatic N) is 3. The molecule has 0 aliphatic heterocycles. The van der Waals surface area contributed by atoms with Gasteiger partial charge in [0, 0.05) is 12.2 Å². The maximum Gasteiger partial charge on any atom is 0.234 e. The van der Waals surface area contributed by atoms with Gasteiger partial charge in [-0.05, 0) is 42.2 Å². The Balaban J connectivity index is 1.62. The van der Waals surface area contributed by atoms with Gasteiger partial charge in [-0.2, -0.15) is 0 Å². The van der Waals surface area contributed by atoms with E-state index in [9.17, 15) is 9.18 Å². The minimum absolute atomic E-state index is 0.105. The zero-order valence-corrected chi connectivity index (χ0v) is 20.9. The van der Waals surface area contributed by atoms with Crippen LogP contribution in [0.5, 0.6) is 5.75 Å². The number of ether oxygens (including phenoxy) is 1. The van der Waals surface area contributed by atoms with E-state index in [0.29, 0.717) is 16.9 Å². The van der Waals surface area contributed by atoms with Gasteiger partial charge in [0.2, 0.25) is 5.91 Å². The monoisotopic (exact) mass is 484 g/mol. The molecule has 0 saturated carbocycles. The summed E-state index contributed by atoms with van der Waals surface area (Å²) in [4.78, 5) is 12.5. The van der Waals surface area contributed by atoms with Crippen LogP contribution in [0.1, 0.15) is 63.8 Å². The lowest BCUT2D eigenvalue weighted by Crippen LogP contribution is -2.15. The lowest BCUT2D eigenvalue weighted by Gasteiger charge is -2.12. The average molecular weight is 485 g/mol. The normalized spacial score (nSPS) is 11.1. The average Bonchev–Trinajstić information content (AvgIpc) is 3.22. The van der Waals surface area contributed by atoms with Crippen LogP contribution < -0.4 is 10.1 Å². The Morgan fingerprint density at radius 2 is 1.85 bits per heavy atom. The molecule has 1 amide bonds. The van der Waals surface area contributed by atoms with Gasteiger partial charge in [0.25, 0.3) is 0 Å². The summed E-state index contributed by atoms with van der Waals surface area (Å²) in [6, 6.07) is 14.2. The molecule has 6 nitrogen and oxygen atoms in total. The molecule has 0 saturated heterocycles. The van der Waals surface area contributed by atoms with Gasteiger partial charge in [0.1, 0.15) is 6.61 Å². The Labute approximate surface area is 205 Å². The molecule has 3 aromatic rings. The largest absolute Gasteiger partial charge is 0.483 e. The van der Waals surface area contributed by atoms with E-state index in [1.54, 1.807) is 18.2 Å². The van der Waals surface area contributed by atoms with E-state index < -0.39 is 5.82 Å². The number of benzene rings is 2. The van der Waals surface area contributed by atoms with E-state index in [-0.39, 0.29) is 24.0 Å². The molecule has 0 fully saturated rings. The highest BCUT2D eigenvalue weighted by molar-refractivity contribution is 7.99. The van der Waals surface area contributed by atoms with Crippen LogP contribution in [0.15, 0.2) is 53.7 Å². The Morgan fingerprint density at radius 3 is 2.56 bits per heavy atom. The van der Waals surface area contributed by atoms with Crippen molar-refractivity contribution in [3.8, 4) is 5.75 Å². The number of amides is 1. The van der Waals surface area contributed by atoms with Crippen molar-refractivity contribution >= 4 is 23.4 Å². The molecule has 0 aliphatic rings. The summed E-state index contributed by atoms with van der Waals surface area (Å²) in [5, 5.41) is 12.1. The fourth-order valence-corrected chi connectivity index (χ4v) is 4.22. The molecule has 3 rings (SSSR count). The maximum atomic E-state index is 13.9. The van der Waals surface area contributed by atoms with Crippen LogP contribution in [0.3, 0.4) is 0 Å². The van der Waals surface area contributed by atoms with E-state index in [1.807, 2.05) is 28.8 Å². The van der Waals surface area contributed by atoms with E-state index in [0.717, 1.165) is 37.9 Å². The highest BCUT2D eigenvalue weighted by Crippen LogP contribution is 2.22. The van der Waals surface area contributed by atoms with Crippen LogP contribution in [0.2, 0.25) is 0 Å². The number of para-hydroxylation sites is 1. The third-order valence-corrected chi connectivity index (χ3v) is 6.38. The number of carbonyl (C=O) groups excluding carboxylic acids is 1. The lowest BCUT2D eigenvalue weighted by molar-refractivity contribution is -0.113. The van der Waals surface area contributed by atoms with Gasteiger partial charge in [-0.25, -0.2) is 4.39 Å². The number of halogens is 1. The molecule has 8 heteroatoms. The molecule has 0 atom stereocenters. The highest BCUT2D eigenvalue weighted by atomic mass is 32.2. The third-order valence-electron chi connectivity index (χ3n) is 5.42. The summed E-state index contributed by atoms with van der Waals surface area (Å²) in [6.07, 6.45) is 4.37. The second-order valence-corrected chi connectivity index (χ2v) is 9.39. The van der Waals surface area contributed by atoms with E-state index >= 15 is 0 Å². The van der Waals surface area contributed by atoms with Crippen molar-refractivity contribution < 1.29 is 13.9 Å². The SMILES string of the molecule is CCCCCCn1c(COc2ccccc2F)nnc1SCC(=O)Nc1ccc(C(C)C)cc1. The van der Waals surface area contributed by atoms with Gasteiger partial charge >= 0.3 is 0 Å². The van der Waals surface area contributed by atoms with Crippen LogP contribution in [-0.2, 0) is 17.9 Å². The van der Waals surface area contributed by atoms with Gasteiger partial charge in [0.05, 0.1) is 5.75 Å². The molecule has 1 aromatic heterocycles. The number of carbonyl (C=O) groups is 1. The van der Waals surface area contributed by atoms with Gasteiger partial charge in [0.15, 0.2) is 22.5 Å². The maximum absolute atomic E-state index is 13.9. The van der Waals surface area contributed by atoms with Crippen molar-refractivity contribution in [1.82, 2.24) is 14.8 Å². The van der Waals surface area contributed by atoms with Crippen molar-refractivity contribution in [2.24, 2.45) is 0 Å². The molecule has 0 aliphatic carbocycles. The molecule has 2 aromatic carbocycles. The van der Waals surface area contributed by atoms with Crippen LogP contribution in [-0.4, -0.2) is 26.4 Å². The molecule has 1 N–H and O–H groups in total. The van der Waals surface area contributed by atoms with Crippen LogP contribution in [0.4, 0.5) is 10.1 Å². The van der Waals surface area contributed by atoms with Crippen molar-refractivity contribution in [1.29, 1.82) is 0 Å². The standard InChI is InChI=1S/C26H33FN4O2S/c1-4-5-6-9-16-31-24(17-33-23-11-8-7-10-22(23)27)29-30-26(31)34-18-25(32)28-21-14-12-20(13-15-21)19(2)3/h7-8,10-15,19H,4-6,9,16-18H2,1-3H3,(H,28,32). The zero-order valence-electron chi connectivity index (χ0n) is 20.1. The van der Waals surface area contributed by atoms with Crippen LogP contribution in [0.25, 0.3) is 0 Å². The van der Waals surface area contributed by atoms with Crippen molar-refractivity contribution in [3.05, 3.63) is 65.7 Å². The van der Waals surface area contributed by atoms with Gasteiger partial charge in [-0.15, -0.1) is 10.2 Å². The van der Waals surface area contributed by atoms with E-state index in [4.69, 9.17) is 4.74 Å². The van der Waals surface area contributed by atoms with Crippen molar-refractivity contribution in [3.63, 3.8) is 0 Å². The molecule has 1 heterocycles. The van der Waals surface area contributed by atoms with Crippen molar-refractivity contribution in [2.45, 2.75) is 70.7 Å². The summed E-state index contributed by atoms with van der Waals surface area (Å²) in [6.45, 7) is 7.28. The Bertz CT molecular complexity index is 1050. The number of hydrogen-bond donors (Lipinski definition) is 1. The first-order chi connectivity index (χ1) is 16.5. The number of anilines is 1. The Hall–Kier alpha value is -2.87. The zero-order chi connectivity index (χ0) is 24.3. The highest BCUT2D eigenvalue weighted by Gasteiger charge is 2.16. The molecular weight excluding hydrogens is 451 g/mol. The fourth-order valence-electron chi connectivity index (χ4n) is 3.44. The topological polar surface area (TPSA) is 69.0 Å². The lowest BCUT2D eigenvalue weighted by atomic mass is 10.0. The second-order valence-electron chi connectivity index (χ2n) is 8.44. The summed E-state index contributed by atoms with van der Waals surface area (Å²) < 4.78 is 21.5. The van der Waals surface area contributed by atoms with Gasteiger partial charge in [-0.1, -0.05) is 76.1 Å². The molecule has 0 spiro atoms. The summed E-state index contributed by atoms with van der Waals surface area (Å²) >= 11 is 1.34. The minimum Gasteiger partial charge on any atom is -0.483 e.